The Morgan fingerprint density at radius 3 is 2.48 bits per heavy atom. The van der Waals surface area contributed by atoms with E-state index in [1.54, 1.807) is 4.90 Å². The molecule has 1 aromatic heterocycles. The van der Waals surface area contributed by atoms with Crippen LogP contribution in [0.15, 0.2) is 29.3 Å². The van der Waals surface area contributed by atoms with Crippen molar-refractivity contribution in [3.8, 4) is 0 Å². The monoisotopic (exact) mass is 373 g/mol. The van der Waals surface area contributed by atoms with Gasteiger partial charge in [0.25, 0.3) is 15.9 Å². The summed E-state index contributed by atoms with van der Waals surface area (Å²) in [4.78, 5) is 16.0. The van der Waals surface area contributed by atoms with E-state index in [1.807, 2.05) is 4.72 Å². The minimum atomic E-state index is -4.28. The summed E-state index contributed by atoms with van der Waals surface area (Å²) in [6, 6.07) is 2.49. The standard InChI is InChI=1S/C15H14F3N3O3S/c16-10-3-4-11(14(18)13(10)17)20-25(23,24)9-7-12(19-8-9)15(22)21-5-1-2-6-21/h3-4,7-8,19-20H,1-2,5-6H2. The third kappa shape index (κ3) is 3.34. The van der Waals surface area contributed by atoms with Gasteiger partial charge in [0.1, 0.15) is 10.6 Å². The number of aromatic amines is 1. The van der Waals surface area contributed by atoms with Crippen molar-refractivity contribution in [3.05, 3.63) is 47.5 Å². The van der Waals surface area contributed by atoms with Crippen LogP contribution in [0.4, 0.5) is 18.9 Å². The number of halogens is 3. The molecule has 1 aliphatic heterocycles. The lowest BCUT2D eigenvalue weighted by Crippen LogP contribution is -2.27. The smallest absolute Gasteiger partial charge is 0.270 e. The maximum Gasteiger partial charge on any atom is 0.270 e. The molecule has 0 spiro atoms. The molecule has 0 atom stereocenters. The van der Waals surface area contributed by atoms with Crippen molar-refractivity contribution in [2.45, 2.75) is 17.7 Å². The third-order valence-electron chi connectivity index (χ3n) is 3.87. The molecule has 2 heterocycles. The molecule has 0 saturated carbocycles. The molecular weight excluding hydrogens is 359 g/mol. The van der Waals surface area contributed by atoms with Gasteiger partial charge in [-0.15, -0.1) is 0 Å². The second-order valence-electron chi connectivity index (χ2n) is 5.58. The van der Waals surface area contributed by atoms with E-state index >= 15 is 0 Å². The lowest BCUT2D eigenvalue weighted by Gasteiger charge is -2.13. The second-order valence-corrected chi connectivity index (χ2v) is 7.26. The molecule has 2 aromatic rings. The van der Waals surface area contributed by atoms with E-state index in [0.29, 0.717) is 19.2 Å². The Bertz CT molecular complexity index is 921. The third-order valence-corrected chi connectivity index (χ3v) is 5.21. The van der Waals surface area contributed by atoms with E-state index in [1.165, 1.54) is 0 Å². The maximum absolute atomic E-state index is 13.6. The zero-order chi connectivity index (χ0) is 18.2. The predicted octanol–water partition coefficient (Wildman–Crippen LogP) is 2.47. The number of carbonyl (C=O) groups is 1. The Balaban J connectivity index is 1.84. The molecule has 0 radical (unpaired) electrons. The van der Waals surface area contributed by atoms with E-state index in [9.17, 15) is 26.4 Å². The van der Waals surface area contributed by atoms with Crippen LogP contribution in [0.1, 0.15) is 23.3 Å². The number of carbonyl (C=O) groups excluding carboxylic acids is 1. The Kier molecular flexibility index (Phi) is 4.46. The first kappa shape index (κ1) is 17.3. The zero-order valence-corrected chi connectivity index (χ0v) is 13.7. The molecule has 1 aliphatic rings. The summed E-state index contributed by atoms with van der Waals surface area (Å²) < 4.78 is 66.1. The molecule has 1 saturated heterocycles. The minimum Gasteiger partial charge on any atom is -0.356 e. The number of benzene rings is 1. The SMILES string of the molecule is O=C(c1cc(S(=O)(=O)Nc2ccc(F)c(F)c2F)c[nH]1)N1CCCC1. The number of amides is 1. The minimum absolute atomic E-state index is 0.0769. The quantitative estimate of drug-likeness (QED) is 0.808. The fraction of sp³-hybridized carbons (Fsp3) is 0.267. The fourth-order valence-electron chi connectivity index (χ4n) is 2.55. The van der Waals surface area contributed by atoms with Crippen LogP contribution in [-0.4, -0.2) is 37.3 Å². The van der Waals surface area contributed by atoms with Gasteiger partial charge in [-0.3, -0.25) is 9.52 Å². The summed E-state index contributed by atoms with van der Waals surface area (Å²) in [7, 11) is -4.28. The van der Waals surface area contributed by atoms with Crippen molar-refractivity contribution in [3.63, 3.8) is 0 Å². The fourth-order valence-corrected chi connectivity index (χ4v) is 3.60. The van der Waals surface area contributed by atoms with Crippen LogP contribution in [0.2, 0.25) is 0 Å². The maximum atomic E-state index is 13.6. The number of sulfonamides is 1. The summed E-state index contributed by atoms with van der Waals surface area (Å²) >= 11 is 0. The summed E-state index contributed by atoms with van der Waals surface area (Å²) in [5.74, 6) is -5.19. The molecule has 3 rings (SSSR count). The van der Waals surface area contributed by atoms with Crippen molar-refractivity contribution < 1.29 is 26.4 Å². The molecule has 1 fully saturated rings. The molecule has 25 heavy (non-hydrogen) atoms. The highest BCUT2D eigenvalue weighted by Crippen LogP contribution is 2.23. The van der Waals surface area contributed by atoms with Gasteiger partial charge in [0.05, 0.1) is 5.69 Å². The molecule has 6 nitrogen and oxygen atoms in total. The van der Waals surface area contributed by atoms with E-state index in [4.69, 9.17) is 0 Å². The van der Waals surface area contributed by atoms with Crippen molar-refractivity contribution in [2.24, 2.45) is 0 Å². The summed E-state index contributed by atoms with van der Waals surface area (Å²) in [5, 5.41) is 0. The van der Waals surface area contributed by atoms with Crippen LogP contribution in [0.5, 0.6) is 0 Å². The topological polar surface area (TPSA) is 82.3 Å². The van der Waals surface area contributed by atoms with Gasteiger partial charge in [-0.25, -0.2) is 21.6 Å². The number of hydrogen-bond acceptors (Lipinski definition) is 3. The average molecular weight is 373 g/mol. The van der Waals surface area contributed by atoms with E-state index in [0.717, 1.165) is 31.2 Å². The lowest BCUT2D eigenvalue weighted by molar-refractivity contribution is 0.0787. The van der Waals surface area contributed by atoms with Gasteiger partial charge >= 0.3 is 0 Å². The Labute approximate surface area is 141 Å². The van der Waals surface area contributed by atoms with Crippen LogP contribution in [0.3, 0.4) is 0 Å². The van der Waals surface area contributed by atoms with Crippen LogP contribution in [0.25, 0.3) is 0 Å². The van der Waals surface area contributed by atoms with Gasteiger partial charge in [-0.1, -0.05) is 0 Å². The summed E-state index contributed by atoms with van der Waals surface area (Å²) in [6.45, 7) is 1.19. The largest absolute Gasteiger partial charge is 0.356 e. The number of hydrogen-bond donors (Lipinski definition) is 2. The number of anilines is 1. The molecule has 0 bridgehead atoms. The van der Waals surface area contributed by atoms with Crippen molar-refractivity contribution in [2.75, 3.05) is 17.8 Å². The van der Waals surface area contributed by atoms with E-state index < -0.39 is 33.2 Å². The number of H-pyrrole nitrogens is 1. The Morgan fingerprint density at radius 2 is 1.80 bits per heavy atom. The van der Waals surface area contributed by atoms with Gasteiger partial charge < -0.3 is 9.88 Å². The molecule has 2 N–H and O–H groups in total. The average Bonchev–Trinajstić information content (AvgIpc) is 3.26. The van der Waals surface area contributed by atoms with Crippen LogP contribution in [0, 0.1) is 17.5 Å². The number of nitrogens with zero attached hydrogens (tertiary/aromatic N) is 1. The number of nitrogens with one attached hydrogen (secondary N) is 2. The molecular formula is C15H14F3N3O3S. The Hall–Kier alpha value is -2.49. The highest BCUT2D eigenvalue weighted by Gasteiger charge is 2.25. The molecule has 10 heteroatoms. The summed E-state index contributed by atoms with van der Waals surface area (Å²) in [5.41, 5.74) is -0.652. The van der Waals surface area contributed by atoms with Gasteiger partial charge in [-0.05, 0) is 31.0 Å². The van der Waals surface area contributed by atoms with E-state index in [2.05, 4.69) is 4.98 Å². The van der Waals surface area contributed by atoms with Crippen molar-refractivity contribution >= 4 is 21.6 Å². The van der Waals surface area contributed by atoms with Gasteiger partial charge in [-0.2, -0.15) is 0 Å². The van der Waals surface area contributed by atoms with Gasteiger partial charge in [0.2, 0.25) is 0 Å². The highest BCUT2D eigenvalue weighted by atomic mass is 32.2. The lowest BCUT2D eigenvalue weighted by atomic mass is 10.3. The predicted molar refractivity (Wildman–Crippen MR) is 83.1 cm³/mol. The van der Waals surface area contributed by atoms with Crippen LogP contribution in [-0.2, 0) is 10.0 Å². The molecule has 1 amide bonds. The number of aromatic nitrogens is 1. The van der Waals surface area contributed by atoms with E-state index in [-0.39, 0.29) is 16.5 Å². The second kappa shape index (κ2) is 6.43. The van der Waals surface area contributed by atoms with Gasteiger partial charge in [0, 0.05) is 19.3 Å². The molecule has 1 aromatic carbocycles. The highest BCUT2D eigenvalue weighted by molar-refractivity contribution is 7.92. The number of likely N-dealkylation sites (tertiary alicyclic amines) is 1. The molecule has 0 unspecified atom stereocenters. The first-order chi connectivity index (χ1) is 11.8. The first-order valence-corrected chi connectivity index (χ1v) is 8.92. The normalized spacial score (nSPS) is 14.8. The summed E-state index contributed by atoms with van der Waals surface area (Å²) in [6.07, 6.45) is 2.84. The van der Waals surface area contributed by atoms with Crippen LogP contribution >= 0.6 is 0 Å². The molecule has 134 valence electrons. The van der Waals surface area contributed by atoms with Crippen molar-refractivity contribution in [1.82, 2.24) is 9.88 Å². The van der Waals surface area contributed by atoms with Gasteiger partial charge in [0.15, 0.2) is 17.5 Å². The first-order valence-electron chi connectivity index (χ1n) is 7.43. The molecule has 0 aliphatic carbocycles. The van der Waals surface area contributed by atoms with Crippen molar-refractivity contribution in [1.29, 1.82) is 0 Å². The number of rotatable bonds is 4. The zero-order valence-electron chi connectivity index (χ0n) is 12.9. The van der Waals surface area contributed by atoms with Crippen LogP contribution < -0.4 is 4.72 Å². The Morgan fingerprint density at radius 1 is 1.12 bits per heavy atom.